The Bertz CT molecular complexity index is 271. The lowest BCUT2D eigenvalue weighted by Gasteiger charge is -2.02. The Hall–Kier alpha value is -2.09. The predicted molar refractivity (Wildman–Crippen MR) is 48.8 cm³/mol. The monoisotopic (exact) mass is 200 g/mol. The number of aliphatic hydroxyl groups is 1. The number of amides is 1. The van der Waals surface area contributed by atoms with E-state index in [0.29, 0.717) is 0 Å². The molecule has 8 heteroatoms. The maximum Gasteiger partial charge on any atom is 0.268 e. The molecule has 0 saturated heterocycles. The lowest BCUT2D eigenvalue weighted by molar-refractivity contribution is -0.114. The Balaban J connectivity index is 4.65. The molecular formula is C6H12N6O2. The molecule has 0 aromatic heterocycles. The molecule has 0 heterocycles. The number of rotatable bonds is 6. The Kier molecular flexibility index (Phi) is 5.47. The van der Waals surface area contributed by atoms with Crippen molar-refractivity contribution < 1.29 is 9.90 Å². The first-order valence-corrected chi connectivity index (χ1v) is 3.55. The van der Waals surface area contributed by atoms with Gasteiger partial charge in [-0.3, -0.25) is 10.2 Å². The molecule has 0 rings (SSSR count). The first-order valence-electron chi connectivity index (χ1n) is 3.55. The molecule has 0 aliphatic rings. The summed E-state index contributed by atoms with van der Waals surface area (Å²) in [7, 11) is 0. The van der Waals surface area contributed by atoms with Gasteiger partial charge >= 0.3 is 0 Å². The molecule has 0 radical (unpaired) electrons. The third kappa shape index (κ3) is 4.07. The largest absolute Gasteiger partial charge is 0.391 e. The van der Waals surface area contributed by atoms with Gasteiger partial charge in [0, 0.05) is 0 Å². The SMILES string of the molecule is C=CNC(/N=N/NCO)=C(\N)C(N)=O. The minimum Gasteiger partial charge on any atom is -0.391 e. The highest BCUT2D eigenvalue weighted by molar-refractivity contribution is 5.91. The first kappa shape index (κ1) is 11.9. The van der Waals surface area contributed by atoms with Gasteiger partial charge in [0.1, 0.15) is 12.4 Å². The van der Waals surface area contributed by atoms with Crippen LogP contribution in [-0.4, -0.2) is 17.7 Å². The van der Waals surface area contributed by atoms with Crippen LogP contribution in [0.1, 0.15) is 0 Å². The summed E-state index contributed by atoms with van der Waals surface area (Å²) >= 11 is 0. The van der Waals surface area contributed by atoms with Gasteiger partial charge in [0.15, 0.2) is 5.82 Å². The average molecular weight is 200 g/mol. The number of aliphatic hydroxyl groups excluding tert-OH is 1. The van der Waals surface area contributed by atoms with Gasteiger partial charge in [-0.2, -0.15) is 0 Å². The maximum atomic E-state index is 10.6. The normalized spacial score (nSPS) is 12.1. The van der Waals surface area contributed by atoms with Crippen LogP contribution in [0.15, 0.2) is 34.6 Å². The van der Waals surface area contributed by atoms with Crippen molar-refractivity contribution in [2.24, 2.45) is 21.8 Å². The number of nitrogens with two attached hydrogens (primary N) is 2. The maximum absolute atomic E-state index is 10.6. The molecule has 0 bridgehead atoms. The minimum atomic E-state index is -0.836. The smallest absolute Gasteiger partial charge is 0.268 e. The molecule has 0 atom stereocenters. The molecule has 0 unspecified atom stereocenters. The molecule has 0 aliphatic heterocycles. The highest BCUT2D eigenvalue weighted by Gasteiger charge is 2.06. The number of primary amides is 1. The fraction of sp³-hybridized carbons (Fsp3) is 0.167. The Morgan fingerprint density at radius 2 is 2.21 bits per heavy atom. The summed E-state index contributed by atoms with van der Waals surface area (Å²) in [4.78, 5) is 10.6. The van der Waals surface area contributed by atoms with E-state index in [0.717, 1.165) is 0 Å². The molecule has 0 fully saturated rings. The molecule has 0 aromatic carbocycles. The zero-order valence-electron chi connectivity index (χ0n) is 7.40. The van der Waals surface area contributed by atoms with Gasteiger partial charge in [-0.15, -0.1) is 5.11 Å². The Morgan fingerprint density at radius 3 is 2.64 bits per heavy atom. The summed E-state index contributed by atoms with van der Waals surface area (Å²) in [5.41, 5.74) is 12.0. The van der Waals surface area contributed by atoms with E-state index in [9.17, 15) is 4.79 Å². The average Bonchev–Trinajstić information content (AvgIpc) is 2.15. The molecule has 78 valence electrons. The molecule has 7 N–H and O–H groups in total. The highest BCUT2D eigenvalue weighted by Crippen LogP contribution is 1.96. The van der Waals surface area contributed by atoms with Gasteiger partial charge < -0.3 is 21.9 Å². The number of carbonyl (C=O) groups is 1. The van der Waals surface area contributed by atoms with Crippen molar-refractivity contribution in [3.8, 4) is 0 Å². The van der Waals surface area contributed by atoms with Gasteiger partial charge in [0.05, 0.1) is 0 Å². The van der Waals surface area contributed by atoms with Gasteiger partial charge in [-0.05, 0) is 6.20 Å². The third-order valence-corrected chi connectivity index (χ3v) is 1.05. The summed E-state index contributed by atoms with van der Waals surface area (Å²) in [6.45, 7) is 2.96. The van der Waals surface area contributed by atoms with Crippen LogP contribution in [0.4, 0.5) is 0 Å². The van der Waals surface area contributed by atoms with E-state index in [4.69, 9.17) is 16.6 Å². The van der Waals surface area contributed by atoms with Crippen molar-refractivity contribution in [3.63, 3.8) is 0 Å². The zero-order chi connectivity index (χ0) is 11.0. The summed E-state index contributed by atoms with van der Waals surface area (Å²) in [6, 6.07) is 0. The van der Waals surface area contributed by atoms with Crippen molar-refractivity contribution in [1.29, 1.82) is 0 Å². The molecule has 0 spiro atoms. The van der Waals surface area contributed by atoms with Crippen LogP contribution >= 0.6 is 0 Å². The number of nitrogens with zero attached hydrogens (tertiary/aromatic N) is 2. The lowest BCUT2D eigenvalue weighted by Crippen LogP contribution is -2.25. The van der Waals surface area contributed by atoms with Crippen LogP contribution in [0.5, 0.6) is 0 Å². The lowest BCUT2D eigenvalue weighted by atomic mass is 10.4. The highest BCUT2D eigenvalue weighted by atomic mass is 16.3. The van der Waals surface area contributed by atoms with Gasteiger partial charge in [-0.25, -0.2) is 0 Å². The standard InChI is InChI=1S/C6H12N6O2/c1-2-9-6(4(7)5(8)14)11-12-10-3-13/h2,9,13H,1,3,7H2,(H2,8,14)(H,10,11)/b6-4+. The second kappa shape index (κ2) is 6.43. The van der Waals surface area contributed by atoms with Crippen LogP contribution in [-0.2, 0) is 4.79 Å². The van der Waals surface area contributed by atoms with Crippen molar-refractivity contribution in [2.75, 3.05) is 6.73 Å². The van der Waals surface area contributed by atoms with E-state index in [2.05, 4.69) is 27.7 Å². The van der Waals surface area contributed by atoms with Crippen LogP contribution in [0.2, 0.25) is 0 Å². The number of carbonyl (C=O) groups excluding carboxylic acids is 1. The van der Waals surface area contributed by atoms with Crippen LogP contribution in [0, 0.1) is 0 Å². The second-order valence-electron chi connectivity index (χ2n) is 1.99. The molecule has 1 amide bonds. The molecule has 0 aliphatic carbocycles. The van der Waals surface area contributed by atoms with E-state index in [1.165, 1.54) is 6.20 Å². The van der Waals surface area contributed by atoms with Crippen LogP contribution < -0.4 is 22.2 Å². The minimum absolute atomic E-state index is 0.0477. The van der Waals surface area contributed by atoms with E-state index < -0.39 is 5.91 Å². The van der Waals surface area contributed by atoms with E-state index in [1.54, 1.807) is 0 Å². The van der Waals surface area contributed by atoms with Gasteiger partial charge in [0.2, 0.25) is 0 Å². The Labute approximate surface area is 80.3 Å². The number of hydrogen-bond donors (Lipinski definition) is 5. The van der Waals surface area contributed by atoms with Crippen molar-refractivity contribution >= 4 is 5.91 Å². The van der Waals surface area contributed by atoms with Gasteiger partial charge in [0.25, 0.3) is 5.91 Å². The van der Waals surface area contributed by atoms with Crippen LogP contribution in [0.3, 0.4) is 0 Å². The summed E-state index contributed by atoms with van der Waals surface area (Å²) in [5, 5.41) is 17.5. The van der Waals surface area contributed by atoms with Crippen molar-refractivity contribution in [1.82, 2.24) is 10.7 Å². The third-order valence-electron chi connectivity index (χ3n) is 1.05. The molecule has 0 saturated carbocycles. The van der Waals surface area contributed by atoms with E-state index >= 15 is 0 Å². The first-order chi connectivity index (χ1) is 6.63. The number of nitrogens with one attached hydrogen (secondary N) is 2. The van der Waals surface area contributed by atoms with Crippen molar-refractivity contribution in [2.45, 2.75) is 0 Å². The zero-order valence-corrected chi connectivity index (χ0v) is 7.40. The molecular weight excluding hydrogens is 188 g/mol. The number of hydrogen-bond acceptors (Lipinski definition) is 6. The summed E-state index contributed by atoms with van der Waals surface area (Å²) in [6.07, 6.45) is 1.25. The molecule has 8 nitrogen and oxygen atoms in total. The van der Waals surface area contributed by atoms with Crippen molar-refractivity contribution in [3.05, 3.63) is 24.3 Å². The molecule has 14 heavy (non-hydrogen) atoms. The summed E-state index contributed by atoms with van der Waals surface area (Å²) < 4.78 is 0. The van der Waals surface area contributed by atoms with Crippen LogP contribution in [0.25, 0.3) is 0 Å². The quantitative estimate of drug-likeness (QED) is 0.150. The van der Waals surface area contributed by atoms with E-state index in [1.807, 2.05) is 0 Å². The molecule has 0 aromatic rings. The Morgan fingerprint density at radius 1 is 1.57 bits per heavy atom. The second-order valence-corrected chi connectivity index (χ2v) is 1.99. The predicted octanol–water partition coefficient (Wildman–Crippen LogP) is -1.76. The van der Waals surface area contributed by atoms with E-state index in [-0.39, 0.29) is 18.2 Å². The topological polar surface area (TPSA) is 138 Å². The summed E-state index contributed by atoms with van der Waals surface area (Å²) in [5.74, 6) is -0.884. The fourth-order valence-corrected chi connectivity index (χ4v) is 0.491. The van der Waals surface area contributed by atoms with Gasteiger partial charge in [-0.1, -0.05) is 11.8 Å². The fourth-order valence-electron chi connectivity index (χ4n) is 0.491.